The number of likely N-dealkylation sites (N-methyl/N-ethyl adjacent to an activating group) is 1. The van der Waals surface area contributed by atoms with Gasteiger partial charge in [-0.2, -0.15) is 0 Å². The van der Waals surface area contributed by atoms with Crippen molar-refractivity contribution in [3.8, 4) is 0 Å². The zero-order valence-electron chi connectivity index (χ0n) is 9.24. The summed E-state index contributed by atoms with van der Waals surface area (Å²) in [6, 6.07) is 4.90. The van der Waals surface area contributed by atoms with Gasteiger partial charge in [-0.1, -0.05) is 6.07 Å². The van der Waals surface area contributed by atoms with E-state index in [0.717, 1.165) is 19.4 Å². The van der Waals surface area contributed by atoms with Gasteiger partial charge in [-0.15, -0.1) is 11.3 Å². The van der Waals surface area contributed by atoms with E-state index in [2.05, 4.69) is 22.8 Å². The average Bonchev–Trinajstić information content (AvgIpc) is 2.89. The summed E-state index contributed by atoms with van der Waals surface area (Å²) in [7, 11) is 2.05. The van der Waals surface area contributed by atoms with Crippen molar-refractivity contribution < 1.29 is 4.74 Å². The fourth-order valence-electron chi connectivity index (χ4n) is 2.12. The van der Waals surface area contributed by atoms with E-state index in [9.17, 15) is 0 Å². The SMILES string of the molecule is CNC(Cc1cccs1)CC1CCCO1. The number of hydrogen-bond acceptors (Lipinski definition) is 3. The fourth-order valence-corrected chi connectivity index (χ4v) is 2.91. The minimum atomic E-state index is 0.488. The summed E-state index contributed by atoms with van der Waals surface area (Å²) in [5.41, 5.74) is 0. The van der Waals surface area contributed by atoms with Crippen LogP contribution in [0.2, 0.25) is 0 Å². The van der Waals surface area contributed by atoms with Crippen LogP contribution in [0, 0.1) is 0 Å². The van der Waals surface area contributed by atoms with Gasteiger partial charge in [0.15, 0.2) is 0 Å². The quantitative estimate of drug-likeness (QED) is 0.831. The molecule has 15 heavy (non-hydrogen) atoms. The van der Waals surface area contributed by atoms with Crippen LogP contribution in [-0.4, -0.2) is 25.8 Å². The number of rotatable bonds is 5. The van der Waals surface area contributed by atoms with Gasteiger partial charge < -0.3 is 10.1 Å². The van der Waals surface area contributed by atoms with E-state index < -0.39 is 0 Å². The Morgan fingerprint density at radius 1 is 1.67 bits per heavy atom. The first-order valence-corrected chi connectivity index (χ1v) is 6.57. The Morgan fingerprint density at radius 3 is 3.20 bits per heavy atom. The van der Waals surface area contributed by atoms with Crippen LogP contribution < -0.4 is 5.32 Å². The Kier molecular flexibility index (Phi) is 4.18. The Bertz CT molecular complexity index is 267. The van der Waals surface area contributed by atoms with E-state index in [4.69, 9.17) is 4.74 Å². The van der Waals surface area contributed by atoms with E-state index in [1.165, 1.54) is 17.7 Å². The summed E-state index contributed by atoms with van der Waals surface area (Å²) in [6.45, 7) is 0.958. The Labute approximate surface area is 95.6 Å². The van der Waals surface area contributed by atoms with Crippen molar-refractivity contribution >= 4 is 11.3 Å². The second-order valence-corrected chi connectivity index (χ2v) is 5.17. The molecule has 1 aliphatic heterocycles. The molecule has 0 spiro atoms. The molecule has 1 fully saturated rings. The molecule has 1 aliphatic rings. The van der Waals surface area contributed by atoms with Crippen molar-refractivity contribution in [1.29, 1.82) is 0 Å². The Balaban J connectivity index is 1.81. The molecular weight excluding hydrogens is 206 g/mol. The average molecular weight is 225 g/mol. The summed E-state index contributed by atoms with van der Waals surface area (Å²) < 4.78 is 5.67. The molecule has 84 valence electrons. The smallest absolute Gasteiger partial charge is 0.0590 e. The molecule has 0 amide bonds. The Morgan fingerprint density at radius 2 is 2.60 bits per heavy atom. The fraction of sp³-hybridized carbons (Fsp3) is 0.667. The van der Waals surface area contributed by atoms with Gasteiger partial charge in [0.1, 0.15) is 0 Å². The molecule has 0 aromatic carbocycles. The zero-order chi connectivity index (χ0) is 10.5. The van der Waals surface area contributed by atoms with Crippen LogP contribution in [0.1, 0.15) is 24.1 Å². The zero-order valence-corrected chi connectivity index (χ0v) is 10.1. The van der Waals surface area contributed by atoms with E-state index >= 15 is 0 Å². The summed E-state index contributed by atoms with van der Waals surface area (Å²) in [5.74, 6) is 0. The first kappa shape index (κ1) is 11.1. The molecule has 0 radical (unpaired) electrons. The third-order valence-corrected chi connectivity index (χ3v) is 3.91. The molecule has 2 atom stereocenters. The molecule has 1 N–H and O–H groups in total. The first-order chi connectivity index (χ1) is 7.38. The number of nitrogens with one attached hydrogen (secondary N) is 1. The van der Waals surface area contributed by atoms with Crippen LogP contribution in [0.4, 0.5) is 0 Å². The Hall–Kier alpha value is -0.380. The highest BCUT2D eigenvalue weighted by Gasteiger charge is 2.20. The maximum absolute atomic E-state index is 5.67. The molecule has 0 bridgehead atoms. The molecule has 1 aromatic heterocycles. The third kappa shape index (κ3) is 3.30. The highest BCUT2D eigenvalue weighted by atomic mass is 32.1. The van der Waals surface area contributed by atoms with Crippen molar-refractivity contribution in [3.63, 3.8) is 0 Å². The molecule has 2 nitrogen and oxygen atoms in total. The van der Waals surface area contributed by atoms with E-state index in [1.807, 2.05) is 18.4 Å². The molecule has 0 saturated carbocycles. The monoisotopic (exact) mass is 225 g/mol. The molecule has 2 heterocycles. The molecule has 2 unspecified atom stereocenters. The van der Waals surface area contributed by atoms with Gasteiger partial charge in [-0.25, -0.2) is 0 Å². The van der Waals surface area contributed by atoms with E-state index in [1.54, 1.807) is 0 Å². The van der Waals surface area contributed by atoms with E-state index in [0.29, 0.717) is 12.1 Å². The van der Waals surface area contributed by atoms with Crippen molar-refractivity contribution in [1.82, 2.24) is 5.32 Å². The van der Waals surface area contributed by atoms with Crippen LogP contribution in [0.15, 0.2) is 17.5 Å². The van der Waals surface area contributed by atoms with Gasteiger partial charge in [-0.05, 0) is 44.2 Å². The third-order valence-electron chi connectivity index (χ3n) is 3.01. The minimum absolute atomic E-state index is 0.488. The van der Waals surface area contributed by atoms with Gasteiger partial charge in [0.2, 0.25) is 0 Å². The van der Waals surface area contributed by atoms with Crippen LogP contribution in [-0.2, 0) is 11.2 Å². The van der Waals surface area contributed by atoms with Gasteiger partial charge in [0, 0.05) is 17.5 Å². The molecule has 1 aromatic rings. The van der Waals surface area contributed by atoms with Crippen molar-refractivity contribution in [2.45, 2.75) is 37.8 Å². The second-order valence-electron chi connectivity index (χ2n) is 4.14. The lowest BCUT2D eigenvalue weighted by Crippen LogP contribution is -2.31. The second kappa shape index (κ2) is 5.64. The largest absolute Gasteiger partial charge is 0.378 e. The number of hydrogen-bond donors (Lipinski definition) is 1. The highest BCUT2D eigenvalue weighted by molar-refractivity contribution is 7.09. The van der Waals surface area contributed by atoms with E-state index in [-0.39, 0.29) is 0 Å². The van der Waals surface area contributed by atoms with Crippen molar-refractivity contribution in [2.24, 2.45) is 0 Å². The van der Waals surface area contributed by atoms with Gasteiger partial charge >= 0.3 is 0 Å². The summed E-state index contributed by atoms with van der Waals surface area (Å²) in [5, 5.41) is 5.54. The van der Waals surface area contributed by atoms with Crippen LogP contribution in [0.3, 0.4) is 0 Å². The van der Waals surface area contributed by atoms with Crippen LogP contribution in [0.5, 0.6) is 0 Å². The maximum Gasteiger partial charge on any atom is 0.0590 e. The molecule has 0 aliphatic carbocycles. The number of thiophene rings is 1. The lowest BCUT2D eigenvalue weighted by atomic mass is 10.0. The van der Waals surface area contributed by atoms with Crippen LogP contribution >= 0.6 is 11.3 Å². The lowest BCUT2D eigenvalue weighted by molar-refractivity contribution is 0.0955. The maximum atomic E-state index is 5.67. The molecule has 2 rings (SSSR count). The summed E-state index contributed by atoms with van der Waals surface area (Å²) >= 11 is 1.84. The lowest BCUT2D eigenvalue weighted by Gasteiger charge is -2.19. The molecule has 1 saturated heterocycles. The predicted molar refractivity (Wildman–Crippen MR) is 64.5 cm³/mol. The van der Waals surface area contributed by atoms with Gasteiger partial charge in [0.25, 0.3) is 0 Å². The number of ether oxygens (including phenoxy) is 1. The predicted octanol–water partition coefficient (Wildman–Crippen LogP) is 2.45. The van der Waals surface area contributed by atoms with Crippen molar-refractivity contribution in [3.05, 3.63) is 22.4 Å². The van der Waals surface area contributed by atoms with Gasteiger partial charge in [0.05, 0.1) is 6.10 Å². The summed E-state index contributed by atoms with van der Waals surface area (Å²) in [4.78, 5) is 1.47. The first-order valence-electron chi connectivity index (χ1n) is 5.69. The molecular formula is C12H19NOS. The topological polar surface area (TPSA) is 21.3 Å². The molecule has 3 heteroatoms. The summed E-state index contributed by atoms with van der Waals surface area (Å²) in [6.07, 6.45) is 5.24. The highest BCUT2D eigenvalue weighted by Crippen LogP contribution is 2.20. The van der Waals surface area contributed by atoms with Crippen LogP contribution in [0.25, 0.3) is 0 Å². The van der Waals surface area contributed by atoms with Gasteiger partial charge in [-0.3, -0.25) is 0 Å². The minimum Gasteiger partial charge on any atom is -0.378 e. The van der Waals surface area contributed by atoms with Crippen molar-refractivity contribution in [2.75, 3.05) is 13.7 Å². The normalized spacial score (nSPS) is 23.1. The standard InChI is InChI=1S/C12H19NOS/c1-13-10(8-11-4-2-6-14-11)9-12-5-3-7-15-12/h3,5,7,10-11,13H,2,4,6,8-9H2,1H3.